The number of halogens is 1. The molecule has 5 rings (SSSR count). The summed E-state index contributed by atoms with van der Waals surface area (Å²) in [7, 11) is 0. The summed E-state index contributed by atoms with van der Waals surface area (Å²) in [6.07, 6.45) is 3.52. The zero-order chi connectivity index (χ0) is 21.0. The van der Waals surface area contributed by atoms with Crippen LogP contribution < -0.4 is 0 Å². The van der Waals surface area contributed by atoms with Crippen molar-refractivity contribution in [2.75, 3.05) is 19.6 Å². The van der Waals surface area contributed by atoms with Crippen molar-refractivity contribution < 1.29 is 14.0 Å². The zero-order valence-corrected chi connectivity index (χ0v) is 17.0. The van der Waals surface area contributed by atoms with Crippen molar-refractivity contribution in [1.29, 1.82) is 0 Å². The predicted molar refractivity (Wildman–Crippen MR) is 109 cm³/mol. The molecule has 0 unspecified atom stereocenters. The van der Waals surface area contributed by atoms with E-state index in [1.807, 2.05) is 41.1 Å². The van der Waals surface area contributed by atoms with Crippen molar-refractivity contribution in [2.45, 2.75) is 19.9 Å². The fourth-order valence-corrected chi connectivity index (χ4v) is 5.07. The molecule has 154 valence electrons. The van der Waals surface area contributed by atoms with Crippen molar-refractivity contribution in [3.05, 3.63) is 71.3 Å². The van der Waals surface area contributed by atoms with Crippen molar-refractivity contribution in [1.82, 2.24) is 19.4 Å². The lowest BCUT2D eigenvalue weighted by Gasteiger charge is -2.29. The van der Waals surface area contributed by atoms with Gasteiger partial charge in [-0.15, -0.1) is 0 Å². The number of benzene rings is 1. The van der Waals surface area contributed by atoms with Crippen molar-refractivity contribution >= 4 is 17.3 Å². The lowest BCUT2D eigenvalue weighted by Crippen LogP contribution is -2.36. The van der Waals surface area contributed by atoms with Gasteiger partial charge in [-0.2, -0.15) is 5.10 Å². The molecule has 0 spiro atoms. The van der Waals surface area contributed by atoms with Gasteiger partial charge in [0.2, 0.25) is 5.91 Å². The number of carbonyl (C=O) groups excluding carboxylic acids is 2. The van der Waals surface area contributed by atoms with Crippen LogP contribution in [0.3, 0.4) is 0 Å². The Labute approximate surface area is 173 Å². The second-order valence-electron chi connectivity index (χ2n) is 8.40. The number of rotatable bonds is 2. The van der Waals surface area contributed by atoms with E-state index in [4.69, 9.17) is 0 Å². The second kappa shape index (κ2) is 6.93. The molecule has 3 atom stereocenters. The molecule has 2 aliphatic heterocycles. The minimum Gasteiger partial charge on any atom is -0.338 e. The van der Waals surface area contributed by atoms with E-state index in [1.165, 1.54) is 12.1 Å². The molecule has 0 N–H and O–H groups in total. The number of pyridine rings is 1. The molecule has 2 aromatic heterocycles. The van der Waals surface area contributed by atoms with Gasteiger partial charge >= 0.3 is 0 Å². The van der Waals surface area contributed by atoms with Crippen molar-refractivity contribution in [3.63, 3.8) is 0 Å². The van der Waals surface area contributed by atoms with Crippen LogP contribution in [0.4, 0.5) is 4.39 Å². The first-order chi connectivity index (χ1) is 14.4. The van der Waals surface area contributed by atoms with E-state index >= 15 is 0 Å². The van der Waals surface area contributed by atoms with E-state index < -0.39 is 0 Å². The zero-order valence-electron chi connectivity index (χ0n) is 17.0. The summed E-state index contributed by atoms with van der Waals surface area (Å²) in [5, 5.41) is 4.33. The second-order valence-corrected chi connectivity index (χ2v) is 8.40. The first-order valence-corrected chi connectivity index (χ1v) is 10.2. The van der Waals surface area contributed by atoms with Gasteiger partial charge in [0.15, 0.2) is 0 Å². The minimum atomic E-state index is -0.313. The average molecular weight is 406 g/mol. The number of nitrogens with zero attached hydrogens (tertiary/aromatic N) is 4. The number of hydrogen-bond donors (Lipinski definition) is 0. The van der Waals surface area contributed by atoms with E-state index in [2.05, 4.69) is 5.10 Å². The first kappa shape index (κ1) is 18.8. The fraction of sp³-hybridized carbons (Fsp3) is 0.348. The summed E-state index contributed by atoms with van der Waals surface area (Å²) in [5.74, 6) is -0.115. The van der Waals surface area contributed by atoms with Crippen LogP contribution in [0.5, 0.6) is 0 Å². The van der Waals surface area contributed by atoms with Crippen LogP contribution in [0.2, 0.25) is 0 Å². The standard InChI is InChI=1S/C23H23FN4O2/c1-14-6-7-21-19(9-25-28(21)10-14)23(30)26-11-17-12-27(15(2)29)22(20(17)13-26)16-4-3-5-18(24)8-16/h3-10,17,20,22H,11-13H2,1-2H3/t17-,20-,22+/m1/s1. The van der Waals surface area contributed by atoms with Gasteiger partial charge in [0, 0.05) is 44.6 Å². The van der Waals surface area contributed by atoms with Gasteiger partial charge in [-0.25, -0.2) is 8.91 Å². The van der Waals surface area contributed by atoms with Gasteiger partial charge in [0.1, 0.15) is 5.82 Å². The number of fused-ring (bicyclic) bond motifs is 2. The Morgan fingerprint density at radius 3 is 2.73 bits per heavy atom. The third kappa shape index (κ3) is 2.96. The van der Waals surface area contributed by atoms with Crippen LogP contribution in [-0.2, 0) is 4.79 Å². The molecule has 2 fully saturated rings. The van der Waals surface area contributed by atoms with E-state index in [1.54, 1.807) is 23.7 Å². The van der Waals surface area contributed by atoms with Crippen molar-refractivity contribution in [3.8, 4) is 0 Å². The molecule has 3 aromatic rings. The normalized spacial score (nSPS) is 23.2. The lowest BCUT2D eigenvalue weighted by molar-refractivity contribution is -0.130. The van der Waals surface area contributed by atoms with Gasteiger partial charge in [-0.1, -0.05) is 18.2 Å². The number of carbonyl (C=O) groups is 2. The number of aryl methyl sites for hydroxylation is 1. The molecule has 2 amide bonds. The summed E-state index contributed by atoms with van der Waals surface area (Å²) >= 11 is 0. The minimum absolute atomic E-state index is 0.0189. The molecule has 4 heterocycles. The Morgan fingerprint density at radius 2 is 1.97 bits per heavy atom. The Kier molecular flexibility index (Phi) is 4.34. The molecule has 7 heteroatoms. The van der Waals surface area contributed by atoms with Crippen LogP contribution >= 0.6 is 0 Å². The van der Waals surface area contributed by atoms with Gasteiger partial charge in [-0.3, -0.25) is 9.59 Å². The van der Waals surface area contributed by atoms with E-state index in [0.717, 1.165) is 16.6 Å². The molecule has 2 aliphatic rings. The smallest absolute Gasteiger partial charge is 0.257 e. The number of likely N-dealkylation sites (tertiary alicyclic amines) is 2. The van der Waals surface area contributed by atoms with Crippen LogP contribution in [-0.4, -0.2) is 50.9 Å². The SMILES string of the molecule is CC(=O)N1C[C@H]2CN(C(=O)c3cnn4cc(C)ccc34)C[C@H]2[C@@H]1c1cccc(F)c1. The first-order valence-electron chi connectivity index (χ1n) is 10.2. The maximum Gasteiger partial charge on any atom is 0.257 e. The van der Waals surface area contributed by atoms with Crippen LogP contribution in [0.25, 0.3) is 5.52 Å². The topological polar surface area (TPSA) is 57.9 Å². The number of amides is 2. The van der Waals surface area contributed by atoms with Crippen LogP contribution in [0, 0.1) is 24.6 Å². The predicted octanol–water partition coefficient (Wildman–Crippen LogP) is 3.07. The van der Waals surface area contributed by atoms with Gasteiger partial charge in [0.05, 0.1) is 23.3 Å². The third-order valence-corrected chi connectivity index (χ3v) is 6.44. The highest BCUT2D eigenvalue weighted by molar-refractivity contribution is 6.00. The molecule has 0 bridgehead atoms. The molecule has 0 aliphatic carbocycles. The average Bonchev–Trinajstić information content (AvgIpc) is 3.39. The Balaban J connectivity index is 1.44. The molecular formula is C23H23FN4O2. The Morgan fingerprint density at radius 1 is 1.13 bits per heavy atom. The molecule has 0 saturated carbocycles. The summed E-state index contributed by atoms with van der Waals surface area (Å²) in [6.45, 7) is 5.24. The number of hydrogen-bond acceptors (Lipinski definition) is 3. The summed E-state index contributed by atoms with van der Waals surface area (Å²) in [6, 6.07) is 10.1. The largest absolute Gasteiger partial charge is 0.338 e. The summed E-state index contributed by atoms with van der Waals surface area (Å²) in [4.78, 5) is 29.2. The molecule has 6 nitrogen and oxygen atoms in total. The van der Waals surface area contributed by atoms with Crippen LogP contribution in [0.1, 0.15) is 34.5 Å². The lowest BCUT2D eigenvalue weighted by atomic mass is 9.89. The van der Waals surface area contributed by atoms with E-state index in [-0.39, 0.29) is 35.5 Å². The van der Waals surface area contributed by atoms with Gasteiger partial charge in [0.25, 0.3) is 5.91 Å². The highest BCUT2D eigenvalue weighted by atomic mass is 19.1. The van der Waals surface area contributed by atoms with E-state index in [0.29, 0.717) is 25.2 Å². The molecule has 0 radical (unpaired) electrons. The maximum absolute atomic E-state index is 13.9. The highest BCUT2D eigenvalue weighted by Gasteiger charge is 2.49. The maximum atomic E-state index is 13.9. The van der Waals surface area contributed by atoms with Crippen molar-refractivity contribution in [2.24, 2.45) is 11.8 Å². The molecule has 2 saturated heterocycles. The Bertz CT molecular complexity index is 1160. The van der Waals surface area contributed by atoms with Gasteiger partial charge in [-0.05, 0) is 36.2 Å². The summed E-state index contributed by atoms with van der Waals surface area (Å²) < 4.78 is 15.6. The van der Waals surface area contributed by atoms with E-state index in [9.17, 15) is 14.0 Å². The molecular weight excluding hydrogens is 383 g/mol. The fourth-order valence-electron chi connectivity index (χ4n) is 5.07. The number of aromatic nitrogens is 2. The molecule has 1 aromatic carbocycles. The monoisotopic (exact) mass is 406 g/mol. The van der Waals surface area contributed by atoms with Gasteiger partial charge < -0.3 is 9.80 Å². The third-order valence-electron chi connectivity index (χ3n) is 6.44. The Hall–Kier alpha value is -3.22. The quantitative estimate of drug-likeness (QED) is 0.657. The summed E-state index contributed by atoms with van der Waals surface area (Å²) in [5.41, 5.74) is 3.23. The van der Waals surface area contributed by atoms with Crippen LogP contribution in [0.15, 0.2) is 48.8 Å². The molecule has 30 heavy (non-hydrogen) atoms. The highest BCUT2D eigenvalue weighted by Crippen LogP contribution is 2.45.